The lowest BCUT2D eigenvalue weighted by molar-refractivity contribution is -0.275. The lowest BCUT2D eigenvalue weighted by atomic mass is 10.0. The van der Waals surface area contributed by atoms with E-state index in [1.54, 1.807) is 0 Å². The van der Waals surface area contributed by atoms with Gasteiger partial charge >= 0.3 is 12.7 Å². The summed E-state index contributed by atoms with van der Waals surface area (Å²) in [5, 5.41) is 4.76. The summed E-state index contributed by atoms with van der Waals surface area (Å²) >= 11 is 5.65. The van der Waals surface area contributed by atoms with Gasteiger partial charge in [0.15, 0.2) is 0 Å². The van der Waals surface area contributed by atoms with Crippen molar-refractivity contribution < 1.29 is 45.4 Å². The van der Waals surface area contributed by atoms with Crippen LogP contribution in [-0.4, -0.2) is 30.4 Å². The van der Waals surface area contributed by atoms with Gasteiger partial charge in [-0.05, 0) is 55.0 Å². The fraction of sp³-hybridized carbons (Fsp3) is 0.263. The Kier molecular flexibility index (Phi) is 8.19. The number of anilines is 2. The number of hydrogen-bond donors (Lipinski definition) is 2. The monoisotopic (exact) mass is 484 g/mol. The number of benzene rings is 2. The van der Waals surface area contributed by atoms with Crippen molar-refractivity contribution in [2.24, 2.45) is 5.92 Å². The molecule has 32 heavy (non-hydrogen) atoms. The van der Waals surface area contributed by atoms with Crippen LogP contribution in [0.4, 0.5) is 37.7 Å². The highest BCUT2D eigenvalue weighted by atomic mass is 35.5. The van der Waals surface area contributed by atoms with Gasteiger partial charge in [-0.1, -0.05) is 0 Å². The van der Waals surface area contributed by atoms with Gasteiger partial charge in [0.2, 0.25) is 11.8 Å². The average Bonchev–Trinajstić information content (AvgIpc) is 2.66. The number of ether oxygens (including phenoxy) is 2. The first kappa shape index (κ1) is 25.1. The molecule has 0 heterocycles. The molecule has 2 aromatic rings. The molecule has 174 valence electrons. The Morgan fingerprint density at radius 2 is 1.09 bits per heavy atom. The summed E-state index contributed by atoms with van der Waals surface area (Å²) in [7, 11) is 0. The number of halogens is 7. The average molecular weight is 485 g/mol. The third kappa shape index (κ3) is 8.53. The largest absolute Gasteiger partial charge is 0.573 e. The van der Waals surface area contributed by atoms with Crippen molar-refractivity contribution in [2.45, 2.75) is 19.1 Å². The lowest BCUT2D eigenvalue weighted by Crippen LogP contribution is -2.34. The van der Waals surface area contributed by atoms with E-state index in [1.165, 1.54) is 0 Å². The van der Waals surface area contributed by atoms with E-state index in [9.17, 15) is 35.9 Å². The Morgan fingerprint density at radius 3 is 1.38 bits per heavy atom. The Balaban J connectivity index is 2.02. The second-order valence-corrected chi connectivity index (χ2v) is 6.53. The van der Waals surface area contributed by atoms with E-state index in [4.69, 9.17) is 11.6 Å². The van der Waals surface area contributed by atoms with Crippen molar-refractivity contribution in [1.82, 2.24) is 0 Å². The summed E-state index contributed by atoms with van der Waals surface area (Å²) < 4.78 is 80.6. The van der Waals surface area contributed by atoms with Crippen LogP contribution in [0, 0.1) is 5.92 Å². The molecule has 6 nitrogen and oxygen atoms in total. The van der Waals surface area contributed by atoms with Gasteiger partial charge in [0.1, 0.15) is 17.4 Å². The standard InChI is InChI=1S/C19H15ClF6N2O4/c20-10-9-15(16(29)27-11-1-5-13(6-2-11)31-18(21,22)23)17(30)28-12-3-7-14(8-4-12)32-19(24,25)26/h1-8,15H,9-10H2,(H,27,29)(H,28,30). The molecule has 0 saturated heterocycles. The molecule has 2 rings (SSSR count). The third-order valence-electron chi connectivity index (χ3n) is 3.74. The van der Waals surface area contributed by atoms with Crippen molar-refractivity contribution >= 4 is 34.8 Å². The summed E-state index contributed by atoms with van der Waals surface area (Å²) in [4.78, 5) is 24.9. The summed E-state index contributed by atoms with van der Waals surface area (Å²) in [5.74, 6) is -3.92. The molecule has 0 fully saturated rings. The van der Waals surface area contributed by atoms with Crippen molar-refractivity contribution in [3.05, 3.63) is 48.5 Å². The second-order valence-electron chi connectivity index (χ2n) is 6.15. The van der Waals surface area contributed by atoms with E-state index < -0.39 is 42.0 Å². The topological polar surface area (TPSA) is 76.7 Å². The molecule has 2 aromatic carbocycles. The number of rotatable bonds is 8. The van der Waals surface area contributed by atoms with E-state index in [1.807, 2.05) is 0 Å². The van der Waals surface area contributed by atoms with Crippen molar-refractivity contribution in [1.29, 1.82) is 0 Å². The van der Waals surface area contributed by atoms with Crippen LogP contribution in [0.15, 0.2) is 48.5 Å². The van der Waals surface area contributed by atoms with Gasteiger partial charge in [-0.3, -0.25) is 9.59 Å². The number of carbonyl (C=O) groups is 2. The van der Waals surface area contributed by atoms with Crippen LogP contribution < -0.4 is 20.1 Å². The maximum atomic E-state index is 12.5. The van der Waals surface area contributed by atoms with E-state index in [2.05, 4.69) is 20.1 Å². The Hall–Kier alpha value is -3.15. The summed E-state index contributed by atoms with van der Waals surface area (Å²) in [6.45, 7) is 0. The molecule has 0 aromatic heterocycles. The first-order chi connectivity index (χ1) is 14.9. The molecule has 2 amide bonds. The van der Waals surface area contributed by atoms with Crippen LogP contribution in [0.5, 0.6) is 11.5 Å². The zero-order valence-corrected chi connectivity index (χ0v) is 16.6. The summed E-state index contributed by atoms with van der Waals surface area (Å²) in [5.41, 5.74) is 0.205. The summed E-state index contributed by atoms with van der Waals surface area (Å²) in [6, 6.07) is 8.49. The highest BCUT2D eigenvalue weighted by molar-refractivity contribution is 6.19. The molecule has 0 aliphatic rings. The van der Waals surface area contributed by atoms with Crippen LogP contribution >= 0.6 is 11.6 Å². The van der Waals surface area contributed by atoms with Gasteiger partial charge in [-0.25, -0.2) is 0 Å². The maximum absolute atomic E-state index is 12.5. The van der Waals surface area contributed by atoms with Crippen LogP contribution in [0.1, 0.15) is 6.42 Å². The minimum atomic E-state index is -4.87. The van der Waals surface area contributed by atoms with Crippen molar-refractivity contribution in [3.63, 3.8) is 0 Å². The van der Waals surface area contributed by atoms with Gasteiger partial charge in [-0.2, -0.15) is 0 Å². The lowest BCUT2D eigenvalue weighted by Gasteiger charge is -2.16. The molecule has 0 spiro atoms. The van der Waals surface area contributed by atoms with Crippen LogP contribution in [0.2, 0.25) is 0 Å². The quantitative estimate of drug-likeness (QED) is 0.303. The second kappa shape index (κ2) is 10.4. The molecule has 0 aliphatic carbocycles. The van der Waals surface area contributed by atoms with Gasteiger partial charge in [-0.15, -0.1) is 37.9 Å². The predicted molar refractivity (Wildman–Crippen MR) is 102 cm³/mol. The number of alkyl halides is 7. The normalized spacial score (nSPS) is 11.8. The van der Waals surface area contributed by atoms with Crippen LogP contribution in [0.3, 0.4) is 0 Å². The number of amides is 2. The number of nitrogens with one attached hydrogen (secondary N) is 2. The highest BCUT2D eigenvalue weighted by Gasteiger charge is 2.32. The molecule has 13 heteroatoms. The van der Waals surface area contributed by atoms with E-state index in [0.717, 1.165) is 48.5 Å². The zero-order valence-electron chi connectivity index (χ0n) is 15.9. The molecule has 0 bridgehead atoms. The minimum Gasteiger partial charge on any atom is -0.406 e. The van der Waals surface area contributed by atoms with Crippen molar-refractivity contribution in [2.75, 3.05) is 16.5 Å². The first-order valence-electron chi connectivity index (χ1n) is 8.75. The van der Waals surface area contributed by atoms with Gasteiger partial charge in [0, 0.05) is 17.3 Å². The minimum absolute atomic E-state index is 0.0672. The van der Waals surface area contributed by atoms with Crippen LogP contribution in [0.25, 0.3) is 0 Å². The van der Waals surface area contributed by atoms with Crippen LogP contribution in [-0.2, 0) is 9.59 Å². The number of hydrogen-bond acceptors (Lipinski definition) is 4. The van der Waals surface area contributed by atoms with E-state index >= 15 is 0 Å². The molecule has 0 atom stereocenters. The van der Waals surface area contributed by atoms with Crippen molar-refractivity contribution in [3.8, 4) is 11.5 Å². The molecular weight excluding hydrogens is 470 g/mol. The van der Waals surface area contributed by atoms with Gasteiger partial charge in [0.05, 0.1) is 0 Å². The maximum Gasteiger partial charge on any atom is 0.573 e. The van der Waals surface area contributed by atoms with Gasteiger partial charge < -0.3 is 20.1 Å². The molecule has 2 N–H and O–H groups in total. The number of carbonyl (C=O) groups excluding carboxylic acids is 2. The first-order valence-corrected chi connectivity index (χ1v) is 9.29. The highest BCUT2D eigenvalue weighted by Crippen LogP contribution is 2.26. The van der Waals surface area contributed by atoms with Gasteiger partial charge in [0.25, 0.3) is 0 Å². The Labute approximate surface area is 182 Å². The fourth-order valence-electron chi connectivity index (χ4n) is 2.43. The fourth-order valence-corrected chi connectivity index (χ4v) is 2.65. The van der Waals surface area contributed by atoms with E-state index in [-0.39, 0.29) is 23.7 Å². The predicted octanol–water partition coefficient (Wildman–Crippen LogP) is 5.31. The Morgan fingerprint density at radius 1 is 0.750 bits per heavy atom. The third-order valence-corrected chi connectivity index (χ3v) is 3.96. The molecule has 0 radical (unpaired) electrons. The molecular formula is C19H15ClF6N2O4. The Bertz CT molecular complexity index is 844. The van der Waals surface area contributed by atoms with E-state index in [0.29, 0.717) is 0 Å². The molecule has 0 saturated carbocycles. The molecule has 0 unspecified atom stereocenters. The smallest absolute Gasteiger partial charge is 0.406 e. The molecule has 0 aliphatic heterocycles. The summed E-state index contributed by atoms with van der Waals surface area (Å²) in [6.07, 6.45) is -9.82. The zero-order chi connectivity index (χ0) is 23.9. The SMILES string of the molecule is O=C(Nc1ccc(OC(F)(F)F)cc1)C(CCCl)C(=O)Nc1ccc(OC(F)(F)F)cc1.